The van der Waals surface area contributed by atoms with Crippen LogP contribution in [0.15, 0.2) is 18.2 Å². The Balaban J connectivity index is 2.45. The van der Waals surface area contributed by atoms with E-state index in [4.69, 9.17) is 11.6 Å². The van der Waals surface area contributed by atoms with Crippen molar-refractivity contribution in [1.82, 2.24) is 9.97 Å². The molecule has 0 spiro atoms. The minimum atomic E-state index is 0.300. The minimum Gasteiger partial charge on any atom is -0.337 e. The third kappa shape index (κ3) is 2.67. The number of nitrogens with one attached hydrogen (secondary N) is 1. The summed E-state index contributed by atoms with van der Waals surface area (Å²) in [5.74, 6) is 0.465. The number of anilines is 2. The van der Waals surface area contributed by atoms with Crippen LogP contribution in [0.4, 0.5) is 11.5 Å². The van der Waals surface area contributed by atoms with Gasteiger partial charge in [-0.05, 0) is 32.4 Å². The average molecular weight is 273 g/mol. The van der Waals surface area contributed by atoms with Gasteiger partial charge in [0.05, 0.1) is 22.6 Å². The van der Waals surface area contributed by atoms with E-state index in [-0.39, 0.29) is 0 Å². The molecular weight excluding hydrogens is 260 g/mol. The second-order valence-electron chi connectivity index (χ2n) is 4.27. The standard InChI is InChI=1S/C14H13ClN4/c1-8-5-4-6-12(11(8)7-16)19-14-13(15)17-9(2)10(3)18-14/h4-6H,1-3H3,(H,18,19). The first kappa shape index (κ1) is 13.3. The molecule has 0 fully saturated rings. The van der Waals surface area contributed by atoms with Crippen molar-refractivity contribution in [3.05, 3.63) is 45.9 Å². The van der Waals surface area contributed by atoms with Crippen LogP contribution in [-0.4, -0.2) is 9.97 Å². The molecule has 0 radical (unpaired) electrons. The maximum atomic E-state index is 9.19. The molecule has 0 bridgehead atoms. The second kappa shape index (κ2) is 5.25. The first-order chi connectivity index (χ1) is 9.02. The molecule has 0 aliphatic heterocycles. The lowest BCUT2D eigenvalue weighted by Gasteiger charge is -2.11. The van der Waals surface area contributed by atoms with E-state index in [1.807, 2.05) is 39.0 Å². The lowest BCUT2D eigenvalue weighted by Crippen LogP contribution is -2.02. The molecule has 19 heavy (non-hydrogen) atoms. The molecule has 1 heterocycles. The van der Waals surface area contributed by atoms with Crippen LogP contribution in [0.1, 0.15) is 22.5 Å². The Morgan fingerprint density at radius 2 is 1.84 bits per heavy atom. The Bertz CT molecular complexity index is 674. The maximum Gasteiger partial charge on any atom is 0.172 e. The molecule has 2 aromatic rings. The number of halogens is 1. The molecule has 0 saturated heterocycles. The van der Waals surface area contributed by atoms with Gasteiger partial charge in [-0.2, -0.15) is 5.26 Å². The third-order valence-electron chi connectivity index (χ3n) is 2.90. The normalized spacial score (nSPS) is 10.1. The largest absolute Gasteiger partial charge is 0.337 e. The molecule has 1 aromatic heterocycles. The smallest absolute Gasteiger partial charge is 0.172 e. The molecule has 1 aromatic carbocycles. The molecule has 0 aliphatic carbocycles. The summed E-state index contributed by atoms with van der Waals surface area (Å²) in [6.07, 6.45) is 0. The Labute approximate surface area is 117 Å². The highest BCUT2D eigenvalue weighted by atomic mass is 35.5. The van der Waals surface area contributed by atoms with Crippen molar-refractivity contribution in [2.75, 3.05) is 5.32 Å². The lowest BCUT2D eigenvalue weighted by molar-refractivity contribution is 1.05. The van der Waals surface area contributed by atoms with Crippen LogP contribution in [0.2, 0.25) is 5.15 Å². The van der Waals surface area contributed by atoms with Gasteiger partial charge in [-0.25, -0.2) is 9.97 Å². The molecule has 1 N–H and O–H groups in total. The van der Waals surface area contributed by atoms with Gasteiger partial charge >= 0.3 is 0 Å². The van der Waals surface area contributed by atoms with Crippen molar-refractivity contribution in [3.63, 3.8) is 0 Å². The summed E-state index contributed by atoms with van der Waals surface area (Å²) < 4.78 is 0. The molecule has 0 saturated carbocycles. The van der Waals surface area contributed by atoms with Crippen molar-refractivity contribution >= 4 is 23.1 Å². The molecule has 96 valence electrons. The third-order valence-corrected chi connectivity index (χ3v) is 3.17. The number of nitriles is 1. The number of hydrogen-bond acceptors (Lipinski definition) is 4. The van der Waals surface area contributed by atoms with Gasteiger partial charge in [0.2, 0.25) is 0 Å². The quantitative estimate of drug-likeness (QED) is 0.906. The zero-order chi connectivity index (χ0) is 14.0. The highest BCUT2D eigenvalue weighted by molar-refractivity contribution is 6.31. The zero-order valence-corrected chi connectivity index (χ0v) is 11.7. The van der Waals surface area contributed by atoms with Gasteiger partial charge in [0.1, 0.15) is 6.07 Å². The van der Waals surface area contributed by atoms with E-state index in [1.54, 1.807) is 0 Å². The summed E-state index contributed by atoms with van der Waals surface area (Å²) in [4.78, 5) is 8.56. The van der Waals surface area contributed by atoms with Gasteiger partial charge in [-0.15, -0.1) is 0 Å². The maximum absolute atomic E-state index is 9.19. The van der Waals surface area contributed by atoms with Gasteiger partial charge in [0, 0.05) is 0 Å². The predicted octanol–water partition coefficient (Wildman–Crippen LogP) is 3.67. The molecule has 0 atom stereocenters. The fourth-order valence-electron chi connectivity index (χ4n) is 1.70. The number of nitrogens with zero attached hydrogens (tertiary/aromatic N) is 3. The van der Waals surface area contributed by atoms with E-state index in [2.05, 4.69) is 21.4 Å². The number of rotatable bonds is 2. The Kier molecular flexibility index (Phi) is 3.68. The number of aromatic nitrogens is 2. The monoisotopic (exact) mass is 272 g/mol. The summed E-state index contributed by atoms with van der Waals surface area (Å²) in [6, 6.07) is 7.76. The summed E-state index contributed by atoms with van der Waals surface area (Å²) in [6.45, 7) is 5.61. The van der Waals surface area contributed by atoms with Crippen LogP contribution in [0.5, 0.6) is 0 Å². The number of hydrogen-bond donors (Lipinski definition) is 1. The van der Waals surface area contributed by atoms with Gasteiger partial charge in [-0.1, -0.05) is 23.7 Å². The highest BCUT2D eigenvalue weighted by Gasteiger charge is 2.10. The Morgan fingerprint density at radius 1 is 1.16 bits per heavy atom. The molecule has 4 nitrogen and oxygen atoms in total. The predicted molar refractivity (Wildman–Crippen MR) is 75.7 cm³/mol. The number of benzene rings is 1. The van der Waals surface area contributed by atoms with Crippen molar-refractivity contribution in [3.8, 4) is 6.07 Å². The molecule has 5 heteroatoms. The highest BCUT2D eigenvalue weighted by Crippen LogP contribution is 2.26. The summed E-state index contributed by atoms with van der Waals surface area (Å²) >= 11 is 6.07. The number of aryl methyl sites for hydroxylation is 3. The van der Waals surface area contributed by atoms with Crippen molar-refractivity contribution in [2.45, 2.75) is 20.8 Å². The minimum absolute atomic E-state index is 0.300. The van der Waals surface area contributed by atoms with E-state index in [0.717, 1.165) is 17.0 Å². The average Bonchev–Trinajstić information content (AvgIpc) is 2.36. The first-order valence-electron chi connectivity index (χ1n) is 5.80. The fraction of sp³-hybridized carbons (Fsp3) is 0.214. The van der Waals surface area contributed by atoms with Crippen molar-refractivity contribution < 1.29 is 0 Å². The van der Waals surface area contributed by atoms with E-state index in [0.29, 0.717) is 22.2 Å². The SMILES string of the molecule is Cc1cccc(Nc2nc(C)c(C)nc2Cl)c1C#N. The molecular formula is C14H13ClN4. The summed E-state index contributed by atoms with van der Waals surface area (Å²) in [7, 11) is 0. The van der Waals surface area contributed by atoms with Crippen molar-refractivity contribution in [2.24, 2.45) is 0 Å². The zero-order valence-electron chi connectivity index (χ0n) is 11.0. The van der Waals surface area contributed by atoms with Crippen LogP contribution in [0.3, 0.4) is 0 Å². The second-order valence-corrected chi connectivity index (χ2v) is 4.63. The fourth-order valence-corrected chi connectivity index (χ4v) is 1.92. The van der Waals surface area contributed by atoms with Crippen LogP contribution in [0, 0.1) is 32.1 Å². The molecule has 0 unspecified atom stereocenters. The van der Waals surface area contributed by atoms with Crippen LogP contribution < -0.4 is 5.32 Å². The van der Waals surface area contributed by atoms with E-state index < -0.39 is 0 Å². The first-order valence-corrected chi connectivity index (χ1v) is 6.18. The van der Waals surface area contributed by atoms with Crippen LogP contribution >= 0.6 is 11.6 Å². The lowest BCUT2D eigenvalue weighted by atomic mass is 10.1. The summed E-state index contributed by atoms with van der Waals surface area (Å²) in [5.41, 5.74) is 3.76. The molecule has 0 aliphatic rings. The van der Waals surface area contributed by atoms with Crippen LogP contribution in [0.25, 0.3) is 0 Å². The van der Waals surface area contributed by atoms with Crippen LogP contribution in [-0.2, 0) is 0 Å². The van der Waals surface area contributed by atoms with Crippen molar-refractivity contribution in [1.29, 1.82) is 5.26 Å². The van der Waals surface area contributed by atoms with Gasteiger partial charge < -0.3 is 5.32 Å². The van der Waals surface area contributed by atoms with Gasteiger partial charge in [-0.3, -0.25) is 0 Å². The van der Waals surface area contributed by atoms with Gasteiger partial charge in [0.15, 0.2) is 11.0 Å². The van der Waals surface area contributed by atoms with E-state index >= 15 is 0 Å². The topological polar surface area (TPSA) is 61.6 Å². The Morgan fingerprint density at radius 3 is 2.53 bits per heavy atom. The van der Waals surface area contributed by atoms with E-state index in [9.17, 15) is 5.26 Å². The summed E-state index contributed by atoms with van der Waals surface area (Å²) in [5, 5.41) is 12.6. The molecule has 2 rings (SSSR count). The van der Waals surface area contributed by atoms with Gasteiger partial charge in [0.25, 0.3) is 0 Å². The molecule has 0 amide bonds. The Hall–Kier alpha value is -2.12. The van der Waals surface area contributed by atoms with E-state index in [1.165, 1.54) is 0 Å².